The van der Waals surface area contributed by atoms with Crippen molar-refractivity contribution in [3.8, 4) is 0 Å². The quantitative estimate of drug-likeness (QED) is 0.891. The van der Waals surface area contributed by atoms with E-state index in [1.54, 1.807) is 10.9 Å². The standard InChI is InChI=1S/C14H25N3O/c1-4-14(2,17-8-6-5-7-9-17)13(18)12-10-15-16(3)11-12/h10-11,13,18H,4-9H2,1-3H3. The first kappa shape index (κ1) is 13.6. The molecule has 0 spiro atoms. The van der Waals surface area contributed by atoms with E-state index in [0.717, 1.165) is 25.1 Å². The molecule has 0 bridgehead atoms. The van der Waals surface area contributed by atoms with Gasteiger partial charge >= 0.3 is 0 Å². The van der Waals surface area contributed by atoms with Crippen LogP contribution in [0, 0.1) is 0 Å². The molecular formula is C14H25N3O. The van der Waals surface area contributed by atoms with E-state index in [2.05, 4.69) is 23.8 Å². The Labute approximate surface area is 110 Å². The fraction of sp³-hybridized carbons (Fsp3) is 0.786. The minimum Gasteiger partial charge on any atom is -0.386 e. The molecule has 1 aliphatic heterocycles. The Hall–Kier alpha value is -0.870. The van der Waals surface area contributed by atoms with Gasteiger partial charge in [-0.3, -0.25) is 9.58 Å². The molecule has 1 saturated heterocycles. The lowest BCUT2D eigenvalue weighted by atomic mass is 9.85. The largest absolute Gasteiger partial charge is 0.386 e. The van der Waals surface area contributed by atoms with E-state index in [1.807, 2.05) is 13.2 Å². The van der Waals surface area contributed by atoms with Gasteiger partial charge in [-0.25, -0.2) is 0 Å². The van der Waals surface area contributed by atoms with Gasteiger partial charge in [0.25, 0.3) is 0 Å². The molecule has 18 heavy (non-hydrogen) atoms. The number of aromatic nitrogens is 2. The molecule has 2 unspecified atom stereocenters. The highest BCUT2D eigenvalue weighted by atomic mass is 16.3. The fourth-order valence-electron chi connectivity index (χ4n) is 2.94. The normalized spacial score (nSPS) is 22.7. The molecule has 0 saturated carbocycles. The van der Waals surface area contributed by atoms with Crippen LogP contribution in [0.4, 0.5) is 0 Å². The Kier molecular flexibility index (Phi) is 4.07. The van der Waals surface area contributed by atoms with Crippen molar-refractivity contribution in [2.45, 2.75) is 51.2 Å². The molecule has 2 atom stereocenters. The number of piperidine rings is 1. The summed E-state index contributed by atoms with van der Waals surface area (Å²) in [5.74, 6) is 0. The highest BCUT2D eigenvalue weighted by Crippen LogP contribution is 2.35. The number of nitrogens with zero attached hydrogens (tertiary/aromatic N) is 3. The monoisotopic (exact) mass is 251 g/mol. The zero-order valence-electron chi connectivity index (χ0n) is 11.8. The van der Waals surface area contributed by atoms with E-state index < -0.39 is 6.10 Å². The molecule has 1 fully saturated rings. The summed E-state index contributed by atoms with van der Waals surface area (Å²) in [4.78, 5) is 2.45. The van der Waals surface area contributed by atoms with Crippen LogP contribution in [-0.2, 0) is 7.05 Å². The third-order valence-electron chi connectivity index (χ3n) is 4.42. The number of hydrogen-bond donors (Lipinski definition) is 1. The smallest absolute Gasteiger partial charge is 0.100 e. The second-order valence-electron chi connectivity index (χ2n) is 5.61. The third-order valence-corrected chi connectivity index (χ3v) is 4.42. The van der Waals surface area contributed by atoms with Crippen molar-refractivity contribution < 1.29 is 5.11 Å². The second kappa shape index (κ2) is 5.41. The number of aliphatic hydroxyl groups excluding tert-OH is 1. The Morgan fingerprint density at radius 2 is 2.06 bits per heavy atom. The van der Waals surface area contributed by atoms with Gasteiger partial charge in [-0.1, -0.05) is 13.3 Å². The van der Waals surface area contributed by atoms with Crippen LogP contribution in [0.15, 0.2) is 12.4 Å². The van der Waals surface area contributed by atoms with E-state index in [9.17, 15) is 5.11 Å². The van der Waals surface area contributed by atoms with Gasteiger partial charge in [0.05, 0.1) is 6.20 Å². The summed E-state index contributed by atoms with van der Waals surface area (Å²) in [6.45, 7) is 6.54. The summed E-state index contributed by atoms with van der Waals surface area (Å²) < 4.78 is 1.75. The minimum absolute atomic E-state index is 0.177. The van der Waals surface area contributed by atoms with Crippen LogP contribution in [0.2, 0.25) is 0 Å². The number of hydrogen-bond acceptors (Lipinski definition) is 3. The molecule has 4 nitrogen and oxygen atoms in total. The van der Waals surface area contributed by atoms with Gasteiger partial charge in [0.2, 0.25) is 0 Å². The average molecular weight is 251 g/mol. The number of aryl methyl sites for hydroxylation is 1. The van der Waals surface area contributed by atoms with Crippen LogP contribution in [0.3, 0.4) is 0 Å². The van der Waals surface area contributed by atoms with Gasteiger partial charge in [0.15, 0.2) is 0 Å². The lowest BCUT2D eigenvalue weighted by molar-refractivity contribution is -0.0352. The summed E-state index contributed by atoms with van der Waals surface area (Å²) in [5, 5.41) is 14.9. The summed E-state index contributed by atoms with van der Waals surface area (Å²) >= 11 is 0. The second-order valence-corrected chi connectivity index (χ2v) is 5.61. The predicted molar refractivity (Wildman–Crippen MR) is 72.3 cm³/mol. The summed E-state index contributed by atoms with van der Waals surface area (Å²) in [6, 6.07) is 0. The zero-order valence-corrected chi connectivity index (χ0v) is 11.8. The first-order valence-corrected chi connectivity index (χ1v) is 6.99. The van der Waals surface area contributed by atoms with Crippen LogP contribution in [0.1, 0.15) is 51.2 Å². The molecule has 0 aromatic carbocycles. The maximum Gasteiger partial charge on any atom is 0.100 e. The lowest BCUT2D eigenvalue weighted by Gasteiger charge is -2.45. The Morgan fingerprint density at radius 1 is 1.39 bits per heavy atom. The van der Waals surface area contributed by atoms with Crippen molar-refractivity contribution in [2.75, 3.05) is 13.1 Å². The molecule has 1 aliphatic rings. The SMILES string of the molecule is CCC(C)(C(O)c1cnn(C)c1)N1CCCCC1. The number of rotatable bonds is 4. The average Bonchev–Trinajstić information content (AvgIpc) is 2.84. The molecule has 1 aromatic rings. The van der Waals surface area contributed by atoms with E-state index in [-0.39, 0.29) is 5.54 Å². The molecule has 1 N–H and O–H groups in total. The minimum atomic E-state index is -0.464. The van der Waals surface area contributed by atoms with Crippen molar-refractivity contribution in [2.24, 2.45) is 7.05 Å². The highest BCUT2D eigenvalue weighted by Gasteiger charge is 2.39. The summed E-state index contributed by atoms with van der Waals surface area (Å²) in [5.41, 5.74) is 0.746. The molecule has 1 aromatic heterocycles. The molecule has 0 amide bonds. The van der Waals surface area contributed by atoms with Gasteiger partial charge in [0.1, 0.15) is 6.10 Å². The predicted octanol–water partition coefficient (Wildman–Crippen LogP) is 2.11. The number of likely N-dealkylation sites (tertiary alicyclic amines) is 1. The van der Waals surface area contributed by atoms with E-state index in [4.69, 9.17) is 0 Å². The maximum absolute atomic E-state index is 10.7. The van der Waals surface area contributed by atoms with Crippen LogP contribution < -0.4 is 0 Å². The van der Waals surface area contributed by atoms with Gasteiger partial charge in [0, 0.05) is 24.3 Å². The van der Waals surface area contributed by atoms with Crippen LogP contribution in [0.5, 0.6) is 0 Å². The van der Waals surface area contributed by atoms with Crippen LogP contribution >= 0.6 is 0 Å². The molecule has 2 heterocycles. The Morgan fingerprint density at radius 3 is 2.56 bits per heavy atom. The Balaban J connectivity index is 2.19. The van der Waals surface area contributed by atoms with E-state index in [1.165, 1.54) is 19.3 Å². The first-order valence-electron chi connectivity index (χ1n) is 6.99. The fourth-order valence-corrected chi connectivity index (χ4v) is 2.94. The molecule has 102 valence electrons. The van der Waals surface area contributed by atoms with Crippen LogP contribution in [-0.4, -0.2) is 38.4 Å². The van der Waals surface area contributed by atoms with Gasteiger partial charge in [-0.2, -0.15) is 5.10 Å². The Bertz CT molecular complexity index is 384. The first-order chi connectivity index (χ1) is 8.58. The summed E-state index contributed by atoms with van der Waals surface area (Å²) in [6.07, 6.45) is 7.99. The van der Waals surface area contributed by atoms with Crippen molar-refractivity contribution in [3.63, 3.8) is 0 Å². The molecular weight excluding hydrogens is 226 g/mol. The third kappa shape index (κ3) is 2.45. The molecule has 0 radical (unpaired) electrons. The van der Waals surface area contributed by atoms with Gasteiger partial charge in [-0.15, -0.1) is 0 Å². The lowest BCUT2D eigenvalue weighted by Crippen LogP contribution is -2.52. The molecule has 0 aliphatic carbocycles. The number of aliphatic hydroxyl groups is 1. The van der Waals surface area contributed by atoms with Crippen molar-refractivity contribution in [1.29, 1.82) is 0 Å². The highest BCUT2D eigenvalue weighted by molar-refractivity contribution is 5.14. The zero-order chi connectivity index (χ0) is 13.2. The summed E-state index contributed by atoms with van der Waals surface area (Å²) in [7, 11) is 1.89. The van der Waals surface area contributed by atoms with E-state index in [0.29, 0.717) is 0 Å². The molecule has 2 rings (SSSR count). The van der Waals surface area contributed by atoms with Crippen molar-refractivity contribution in [3.05, 3.63) is 18.0 Å². The topological polar surface area (TPSA) is 41.3 Å². The van der Waals surface area contributed by atoms with Crippen molar-refractivity contribution in [1.82, 2.24) is 14.7 Å². The van der Waals surface area contributed by atoms with Crippen molar-refractivity contribution >= 4 is 0 Å². The molecule has 4 heteroatoms. The maximum atomic E-state index is 10.7. The van der Waals surface area contributed by atoms with Gasteiger partial charge in [-0.05, 0) is 39.3 Å². The van der Waals surface area contributed by atoms with E-state index >= 15 is 0 Å². The van der Waals surface area contributed by atoms with Gasteiger partial charge < -0.3 is 5.11 Å². The van der Waals surface area contributed by atoms with Crippen LogP contribution in [0.25, 0.3) is 0 Å².